The molecule has 172 valence electrons. The zero-order valence-corrected chi connectivity index (χ0v) is 21.0. The van der Waals surface area contributed by atoms with Crippen molar-refractivity contribution in [1.82, 2.24) is 14.9 Å². The summed E-state index contributed by atoms with van der Waals surface area (Å²) in [6, 6.07) is 24.9. The maximum atomic E-state index is 6.32. The molecule has 2 atom stereocenters. The van der Waals surface area contributed by atoms with Crippen LogP contribution in [-0.2, 0) is 0 Å². The second kappa shape index (κ2) is 9.24. The fraction of sp³-hybridized carbons (Fsp3) is 0.214. The third-order valence-electron chi connectivity index (χ3n) is 6.44. The molecule has 0 spiro atoms. The smallest absolute Gasteiger partial charge is 0.174 e. The Hall–Kier alpha value is -3.15. The predicted molar refractivity (Wildman–Crippen MR) is 144 cm³/mol. The summed E-state index contributed by atoms with van der Waals surface area (Å²) >= 11 is 12.2. The van der Waals surface area contributed by atoms with Crippen LogP contribution in [0, 0.1) is 6.92 Å². The van der Waals surface area contributed by atoms with E-state index in [-0.39, 0.29) is 12.1 Å². The van der Waals surface area contributed by atoms with Crippen molar-refractivity contribution in [2.45, 2.75) is 38.8 Å². The molecule has 4 aromatic rings. The predicted octanol–water partition coefficient (Wildman–Crippen LogP) is 7.13. The van der Waals surface area contributed by atoms with Crippen LogP contribution in [0.15, 0.2) is 85.2 Å². The van der Waals surface area contributed by atoms with E-state index in [1.165, 1.54) is 5.56 Å². The topological polar surface area (TPSA) is 33.1 Å². The molecule has 1 aliphatic heterocycles. The number of aromatic nitrogens is 2. The third kappa shape index (κ3) is 4.10. The maximum Gasteiger partial charge on any atom is 0.174 e. The van der Waals surface area contributed by atoms with E-state index in [1.54, 1.807) is 0 Å². The van der Waals surface area contributed by atoms with E-state index in [9.17, 15) is 0 Å². The second-order valence-electron chi connectivity index (χ2n) is 8.98. The molecule has 0 unspecified atom stereocenters. The lowest BCUT2D eigenvalue weighted by Gasteiger charge is -2.29. The van der Waals surface area contributed by atoms with Crippen molar-refractivity contribution in [3.05, 3.63) is 113 Å². The normalized spacial score (nSPS) is 17.9. The van der Waals surface area contributed by atoms with Crippen LogP contribution in [0.5, 0.6) is 0 Å². The lowest BCUT2D eigenvalue weighted by molar-refractivity contribution is 0.549. The molecular formula is C28H27ClN4S. The summed E-state index contributed by atoms with van der Waals surface area (Å²) in [5, 5.41) is 5.01. The SMILES string of the molecule is Cc1cc(-n2cccc2[C@H]2[C@@H](c3ccccn3)NC(=S)N2c2ccc(C(C)C)cc2)ccc1Cl. The molecule has 2 aromatic heterocycles. The number of hydrogen-bond acceptors (Lipinski definition) is 2. The Morgan fingerprint density at radius 3 is 2.41 bits per heavy atom. The Bertz CT molecular complexity index is 1310. The van der Waals surface area contributed by atoms with Crippen molar-refractivity contribution in [1.29, 1.82) is 0 Å². The van der Waals surface area contributed by atoms with Gasteiger partial charge in [0.15, 0.2) is 5.11 Å². The summed E-state index contributed by atoms with van der Waals surface area (Å²) in [7, 11) is 0. The first-order chi connectivity index (χ1) is 16.4. The van der Waals surface area contributed by atoms with Crippen molar-refractivity contribution in [2.75, 3.05) is 4.90 Å². The molecule has 34 heavy (non-hydrogen) atoms. The Morgan fingerprint density at radius 1 is 0.971 bits per heavy atom. The Labute approximate surface area is 211 Å². The minimum absolute atomic E-state index is 0.0849. The third-order valence-corrected chi connectivity index (χ3v) is 7.18. The van der Waals surface area contributed by atoms with Gasteiger partial charge in [-0.3, -0.25) is 4.98 Å². The number of rotatable bonds is 5. The average Bonchev–Trinajstić information content (AvgIpc) is 3.45. The van der Waals surface area contributed by atoms with E-state index in [2.05, 4.69) is 94.4 Å². The van der Waals surface area contributed by atoms with Gasteiger partial charge in [-0.25, -0.2) is 0 Å². The zero-order chi connectivity index (χ0) is 23.8. The molecule has 2 aromatic carbocycles. The summed E-state index contributed by atoms with van der Waals surface area (Å²) in [4.78, 5) is 6.89. The highest BCUT2D eigenvalue weighted by atomic mass is 35.5. The van der Waals surface area contributed by atoms with E-state index in [1.807, 2.05) is 31.3 Å². The number of aryl methyl sites for hydroxylation is 1. The average molecular weight is 487 g/mol. The van der Waals surface area contributed by atoms with Crippen LogP contribution in [0.2, 0.25) is 5.02 Å². The quantitative estimate of drug-likeness (QED) is 0.304. The van der Waals surface area contributed by atoms with Crippen molar-refractivity contribution in [3.63, 3.8) is 0 Å². The van der Waals surface area contributed by atoms with Gasteiger partial charge in [-0.05, 0) is 90.8 Å². The number of nitrogens with zero attached hydrogens (tertiary/aromatic N) is 3. The highest BCUT2D eigenvalue weighted by Crippen LogP contribution is 2.42. The Kier molecular flexibility index (Phi) is 6.15. The van der Waals surface area contributed by atoms with Gasteiger partial charge in [0.25, 0.3) is 0 Å². The molecule has 1 saturated heterocycles. The standard InChI is InChI=1S/C28H27ClN4S/c1-18(2)20-9-11-21(12-10-20)33-27(26(31-28(33)34)24-7-4-5-15-30-24)25-8-6-16-32(25)22-13-14-23(29)19(3)17-22/h4-18,26-27H,1-3H3,(H,31,34)/t26-,27+/m1/s1. The molecule has 1 N–H and O–H groups in total. The zero-order valence-electron chi connectivity index (χ0n) is 19.4. The number of anilines is 1. The molecule has 4 nitrogen and oxygen atoms in total. The van der Waals surface area contributed by atoms with Crippen LogP contribution < -0.4 is 10.2 Å². The second-order valence-corrected chi connectivity index (χ2v) is 9.77. The molecule has 1 fully saturated rings. The van der Waals surface area contributed by atoms with Crippen molar-refractivity contribution >= 4 is 34.6 Å². The summed E-state index contributed by atoms with van der Waals surface area (Å²) in [6.07, 6.45) is 3.92. The van der Waals surface area contributed by atoms with Crippen LogP contribution in [0.3, 0.4) is 0 Å². The lowest BCUT2D eigenvalue weighted by atomic mass is 9.99. The molecule has 5 rings (SSSR count). The summed E-state index contributed by atoms with van der Waals surface area (Å²) in [5.41, 5.74) is 6.55. The van der Waals surface area contributed by atoms with E-state index < -0.39 is 0 Å². The van der Waals surface area contributed by atoms with Crippen molar-refractivity contribution in [2.24, 2.45) is 0 Å². The molecule has 6 heteroatoms. The van der Waals surface area contributed by atoms with Crippen LogP contribution in [0.4, 0.5) is 5.69 Å². The van der Waals surface area contributed by atoms with Crippen LogP contribution in [-0.4, -0.2) is 14.7 Å². The van der Waals surface area contributed by atoms with E-state index in [0.29, 0.717) is 11.0 Å². The minimum Gasteiger partial charge on any atom is -0.351 e. The molecule has 3 heterocycles. The maximum absolute atomic E-state index is 6.32. The molecular weight excluding hydrogens is 460 g/mol. The summed E-state index contributed by atoms with van der Waals surface area (Å²) in [6.45, 7) is 6.44. The van der Waals surface area contributed by atoms with Gasteiger partial charge < -0.3 is 14.8 Å². The van der Waals surface area contributed by atoms with Gasteiger partial charge >= 0.3 is 0 Å². The van der Waals surface area contributed by atoms with Gasteiger partial charge in [-0.2, -0.15) is 0 Å². The van der Waals surface area contributed by atoms with E-state index in [4.69, 9.17) is 23.8 Å². The van der Waals surface area contributed by atoms with Gasteiger partial charge in [0.05, 0.1) is 11.7 Å². The van der Waals surface area contributed by atoms with Crippen LogP contribution in [0.25, 0.3) is 5.69 Å². The van der Waals surface area contributed by atoms with Gasteiger partial charge in [0.1, 0.15) is 6.04 Å². The first-order valence-corrected chi connectivity index (χ1v) is 12.3. The first-order valence-electron chi connectivity index (χ1n) is 11.5. The summed E-state index contributed by atoms with van der Waals surface area (Å²) in [5.74, 6) is 0.472. The van der Waals surface area contributed by atoms with Crippen molar-refractivity contribution < 1.29 is 0 Å². The van der Waals surface area contributed by atoms with Gasteiger partial charge in [0, 0.05) is 34.5 Å². The van der Waals surface area contributed by atoms with Crippen molar-refractivity contribution in [3.8, 4) is 5.69 Å². The fourth-order valence-electron chi connectivity index (χ4n) is 4.60. The molecule has 1 aliphatic rings. The van der Waals surface area contributed by atoms with E-state index >= 15 is 0 Å². The number of nitrogens with one attached hydrogen (secondary N) is 1. The molecule has 0 saturated carbocycles. The first kappa shape index (κ1) is 22.6. The highest BCUT2D eigenvalue weighted by Gasteiger charge is 2.42. The molecule has 0 aliphatic carbocycles. The van der Waals surface area contributed by atoms with E-state index in [0.717, 1.165) is 33.3 Å². The molecule has 0 radical (unpaired) electrons. The largest absolute Gasteiger partial charge is 0.351 e. The summed E-state index contributed by atoms with van der Waals surface area (Å²) < 4.78 is 2.22. The number of pyridine rings is 1. The van der Waals surface area contributed by atoms with Crippen LogP contribution >= 0.6 is 23.8 Å². The number of thiocarbonyl (C=S) groups is 1. The molecule has 0 amide bonds. The van der Waals surface area contributed by atoms with Crippen LogP contribution in [0.1, 0.15) is 54.4 Å². The number of halogens is 1. The highest BCUT2D eigenvalue weighted by molar-refractivity contribution is 7.80. The Balaban J connectivity index is 1.64. The monoisotopic (exact) mass is 486 g/mol. The van der Waals surface area contributed by atoms with Gasteiger partial charge in [0.2, 0.25) is 0 Å². The van der Waals surface area contributed by atoms with Gasteiger partial charge in [-0.1, -0.05) is 43.6 Å². The fourth-order valence-corrected chi connectivity index (χ4v) is 5.07. The number of hydrogen-bond donors (Lipinski definition) is 1. The lowest BCUT2D eigenvalue weighted by Crippen LogP contribution is -2.30. The Morgan fingerprint density at radius 2 is 1.74 bits per heavy atom. The molecule has 0 bridgehead atoms. The van der Waals surface area contributed by atoms with Gasteiger partial charge in [-0.15, -0.1) is 0 Å². The minimum atomic E-state index is -0.0967. The number of benzene rings is 2.